The molecule has 1 aliphatic heterocycles. The Hall–Kier alpha value is -2.92. The molecule has 2 saturated carbocycles. The number of Topliss-reactive ketones (excluding diaryl/α,β-unsaturated/α-hetero) is 1. The number of anilines is 1. The minimum Gasteiger partial charge on any atom is -0.485 e. The van der Waals surface area contributed by atoms with E-state index in [-0.39, 0.29) is 47.9 Å². The van der Waals surface area contributed by atoms with Crippen LogP contribution in [0.5, 0.6) is 5.75 Å². The fourth-order valence-corrected chi connectivity index (χ4v) is 5.92. The highest BCUT2D eigenvalue weighted by Gasteiger charge is 2.67. The number of halogens is 1. The van der Waals surface area contributed by atoms with Gasteiger partial charge in [-0.2, -0.15) is 0 Å². The van der Waals surface area contributed by atoms with E-state index in [9.17, 15) is 14.4 Å². The highest BCUT2D eigenvalue weighted by atomic mass is 35.5. The first kappa shape index (κ1) is 18.8. The number of allylic oxidation sites excluding steroid dienone is 2. The lowest BCUT2D eigenvalue weighted by molar-refractivity contribution is -0.124. The van der Waals surface area contributed by atoms with Crippen LogP contribution < -0.4 is 9.64 Å². The first-order valence-electron chi connectivity index (χ1n) is 10.6. The maximum Gasteiger partial charge on any atom is 0.238 e. The number of carbonyl (C=O) groups is 3. The molecule has 0 N–H and O–H groups in total. The third-order valence-electron chi connectivity index (χ3n) is 7.27. The zero-order valence-corrected chi connectivity index (χ0v) is 17.4. The number of hydrogen-bond donors (Lipinski definition) is 0. The summed E-state index contributed by atoms with van der Waals surface area (Å²) in [5.41, 5.74) is 1.02. The van der Waals surface area contributed by atoms with Crippen molar-refractivity contribution in [3.8, 4) is 5.75 Å². The molecule has 0 aromatic heterocycles. The molecule has 0 unspecified atom stereocenters. The third-order valence-corrected chi connectivity index (χ3v) is 7.53. The van der Waals surface area contributed by atoms with Crippen LogP contribution in [-0.4, -0.2) is 24.2 Å². The molecule has 0 spiro atoms. The van der Waals surface area contributed by atoms with E-state index in [0.29, 0.717) is 33.9 Å². The van der Waals surface area contributed by atoms with Gasteiger partial charge in [0.15, 0.2) is 12.4 Å². The number of nitrogens with zero attached hydrogens (tertiary/aromatic N) is 1. The molecule has 2 aromatic carbocycles. The molecule has 5 nitrogen and oxygen atoms in total. The van der Waals surface area contributed by atoms with Crippen molar-refractivity contribution in [2.45, 2.75) is 6.42 Å². The minimum absolute atomic E-state index is 0.103. The quantitative estimate of drug-likeness (QED) is 0.403. The Morgan fingerprint density at radius 2 is 1.61 bits per heavy atom. The van der Waals surface area contributed by atoms with Gasteiger partial charge in [-0.3, -0.25) is 14.4 Å². The van der Waals surface area contributed by atoms with Gasteiger partial charge < -0.3 is 4.74 Å². The van der Waals surface area contributed by atoms with E-state index in [1.165, 1.54) is 4.90 Å². The van der Waals surface area contributed by atoms with Crippen LogP contribution in [0, 0.1) is 35.5 Å². The molecule has 1 saturated heterocycles. The second kappa shape index (κ2) is 6.79. The van der Waals surface area contributed by atoms with Gasteiger partial charge in [-0.15, -0.1) is 0 Å². The zero-order valence-electron chi connectivity index (χ0n) is 16.6. The lowest BCUT2D eigenvalue weighted by Gasteiger charge is -2.37. The van der Waals surface area contributed by atoms with Gasteiger partial charge in [-0.25, -0.2) is 4.90 Å². The van der Waals surface area contributed by atoms with Crippen LogP contribution in [0.3, 0.4) is 0 Å². The molecule has 7 rings (SSSR count). The van der Waals surface area contributed by atoms with Crippen LogP contribution in [0.15, 0.2) is 60.7 Å². The standard InChI is InChI=1S/C25H20ClNO4/c26-14-6-4-13(5-7-14)21(28)12-31-16-3-1-2-15(10-16)27-24(29)22-17-8-9-18(20-11-19(17)20)23(22)25(27)30/h1-10,17-20,22-23H,11-12H2/t17-,18-,19-,20+,22-,23+/m1/s1. The number of imide groups is 1. The maximum absolute atomic E-state index is 13.3. The van der Waals surface area contributed by atoms with Crippen LogP contribution in [0.1, 0.15) is 16.8 Å². The van der Waals surface area contributed by atoms with Gasteiger partial charge in [0.25, 0.3) is 0 Å². The fraction of sp³-hybridized carbons (Fsp3) is 0.320. The van der Waals surface area contributed by atoms with Crippen molar-refractivity contribution in [2.24, 2.45) is 35.5 Å². The van der Waals surface area contributed by atoms with E-state index in [0.717, 1.165) is 6.42 Å². The molecule has 156 valence electrons. The SMILES string of the molecule is O=C(COc1cccc(N2C(=O)[C@@H]3[C@@H]4C=C[C@H]([C@@H]5C[C@H]45)[C@@H]3C2=O)c1)c1ccc(Cl)cc1. The number of rotatable bonds is 5. The van der Waals surface area contributed by atoms with Crippen LogP contribution >= 0.6 is 11.6 Å². The average Bonchev–Trinajstić information content (AvgIpc) is 3.56. The topological polar surface area (TPSA) is 63.7 Å². The fourth-order valence-electron chi connectivity index (χ4n) is 5.79. The van der Waals surface area contributed by atoms with Gasteiger partial charge >= 0.3 is 0 Å². The van der Waals surface area contributed by atoms with Crippen LogP contribution in [-0.2, 0) is 9.59 Å². The molecule has 3 fully saturated rings. The molecular weight excluding hydrogens is 414 g/mol. The zero-order chi connectivity index (χ0) is 21.3. The highest BCUT2D eigenvalue weighted by molar-refractivity contribution is 6.30. The Morgan fingerprint density at radius 1 is 0.968 bits per heavy atom. The summed E-state index contributed by atoms with van der Waals surface area (Å²) in [7, 11) is 0. The average molecular weight is 434 g/mol. The van der Waals surface area contributed by atoms with Gasteiger partial charge in [-0.1, -0.05) is 29.8 Å². The lowest BCUT2D eigenvalue weighted by atomic mass is 9.63. The molecule has 1 heterocycles. The van der Waals surface area contributed by atoms with Gasteiger partial charge in [0.05, 0.1) is 17.5 Å². The van der Waals surface area contributed by atoms with E-state index in [1.54, 1.807) is 48.5 Å². The van der Waals surface area contributed by atoms with Gasteiger partial charge in [-0.05, 0) is 66.5 Å². The van der Waals surface area contributed by atoms with Gasteiger partial charge in [0.2, 0.25) is 11.8 Å². The first-order valence-corrected chi connectivity index (χ1v) is 11.0. The summed E-state index contributed by atoms with van der Waals surface area (Å²) in [4.78, 5) is 40.2. The van der Waals surface area contributed by atoms with Crippen LogP contribution in [0.2, 0.25) is 5.02 Å². The monoisotopic (exact) mass is 433 g/mol. The third kappa shape index (κ3) is 2.87. The smallest absolute Gasteiger partial charge is 0.238 e. The normalized spacial score (nSPS) is 32.1. The van der Waals surface area contributed by atoms with E-state index in [4.69, 9.17) is 16.3 Å². The Kier molecular flexibility index (Phi) is 4.12. The number of ketones is 1. The lowest BCUT2D eigenvalue weighted by Crippen LogP contribution is -2.40. The Labute approximate surface area is 184 Å². The second-order valence-electron chi connectivity index (χ2n) is 8.88. The van der Waals surface area contributed by atoms with E-state index in [1.807, 2.05) is 0 Å². The number of carbonyl (C=O) groups excluding carboxylic acids is 3. The number of ether oxygens (including phenoxy) is 1. The van der Waals surface area contributed by atoms with Crippen molar-refractivity contribution in [3.63, 3.8) is 0 Å². The summed E-state index contributed by atoms with van der Waals surface area (Å²) < 4.78 is 5.68. The van der Waals surface area contributed by atoms with E-state index >= 15 is 0 Å². The largest absolute Gasteiger partial charge is 0.485 e. The summed E-state index contributed by atoms with van der Waals surface area (Å²) in [6.07, 6.45) is 5.47. The van der Waals surface area contributed by atoms with E-state index in [2.05, 4.69) is 12.2 Å². The highest BCUT2D eigenvalue weighted by Crippen LogP contribution is 2.65. The molecule has 6 heteroatoms. The molecule has 2 amide bonds. The Morgan fingerprint density at radius 3 is 2.26 bits per heavy atom. The summed E-state index contributed by atoms with van der Waals surface area (Å²) in [6.45, 7) is -0.143. The summed E-state index contributed by atoms with van der Waals surface area (Å²) in [5, 5.41) is 0.562. The molecule has 4 aliphatic carbocycles. The van der Waals surface area contributed by atoms with Crippen molar-refractivity contribution in [2.75, 3.05) is 11.5 Å². The minimum atomic E-state index is -0.234. The summed E-state index contributed by atoms with van der Waals surface area (Å²) in [5.74, 6) is 1.12. The Bertz CT molecular complexity index is 1100. The van der Waals surface area contributed by atoms with Gasteiger partial charge in [0, 0.05) is 16.7 Å². The van der Waals surface area contributed by atoms with Crippen molar-refractivity contribution >= 4 is 34.9 Å². The second-order valence-corrected chi connectivity index (χ2v) is 9.32. The van der Waals surface area contributed by atoms with Crippen LogP contribution in [0.25, 0.3) is 0 Å². The number of benzene rings is 2. The van der Waals surface area contributed by atoms with Crippen molar-refractivity contribution in [1.29, 1.82) is 0 Å². The Balaban J connectivity index is 1.20. The molecule has 5 aliphatic rings. The number of amides is 2. The molecule has 2 bridgehead atoms. The van der Waals surface area contributed by atoms with Crippen LogP contribution in [0.4, 0.5) is 5.69 Å². The first-order chi connectivity index (χ1) is 15.0. The molecule has 2 aromatic rings. The molecule has 31 heavy (non-hydrogen) atoms. The molecule has 0 radical (unpaired) electrons. The molecule has 6 atom stereocenters. The predicted octanol–water partition coefficient (Wildman–Crippen LogP) is 4.16. The summed E-state index contributed by atoms with van der Waals surface area (Å²) >= 11 is 5.86. The predicted molar refractivity (Wildman–Crippen MR) is 115 cm³/mol. The molecular formula is C25H20ClNO4. The summed E-state index contributed by atoms with van der Waals surface area (Å²) in [6, 6.07) is 13.5. The van der Waals surface area contributed by atoms with Crippen molar-refractivity contribution in [3.05, 3.63) is 71.3 Å². The van der Waals surface area contributed by atoms with Crippen molar-refractivity contribution < 1.29 is 19.1 Å². The van der Waals surface area contributed by atoms with Gasteiger partial charge in [0.1, 0.15) is 5.75 Å². The maximum atomic E-state index is 13.3. The van der Waals surface area contributed by atoms with Crippen molar-refractivity contribution in [1.82, 2.24) is 0 Å². The van der Waals surface area contributed by atoms with E-state index < -0.39 is 0 Å². The number of hydrogen-bond acceptors (Lipinski definition) is 4.